The normalized spacial score (nSPS) is 15.1. The van der Waals surface area contributed by atoms with E-state index in [9.17, 15) is 23.3 Å². The lowest BCUT2D eigenvalue weighted by Gasteiger charge is -2.34. The summed E-state index contributed by atoms with van der Waals surface area (Å²) in [4.78, 5) is 27.1. The number of piperazine rings is 1. The van der Waals surface area contributed by atoms with Crippen LogP contribution >= 0.6 is 0 Å². The lowest BCUT2D eigenvalue weighted by atomic mass is 10.1. The first-order chi connectivity index (χ1) is 14.1. The number of rotatable bonds is 5. The number of carbonyl (C=O) groups excluding carboxylic acids is 1. The van der Waals surface area contributed by atoms with E-state index in [-0.39, 0.29) is 48.2 Å². The molecule has 1 saturated heterocycles. The molecule has 0 aliphatic carbocycles. The summed E-state index contributed by atoms with van der Waals surface area (Å²) in [6, 6.07) is 11.0. The predicted molar refractivity (Wildman–Crippen MR) is 113 cm³/mol. The molecule has 0 atom stereocenters. The highest BCUT2D eigenvalue weighted by Crippen LogP contribution is 2.28. The Morgan fingerprint density at radius 2 is 1.63 bits per heavy atom. The van der Waals surface area contributed by atoms with Gasteiger partial charge in [0.25, 0.3) is 11.6 Å². The molecule has 3 rings (SSSR count). The van der Waals surface area contributed by atoms with E-state index in [0.717, 1.165) is 5.56 Å². The molecule has 1 aliphatic rings. The first-order valence-electron chi connectivity index (χ1n) is 9.43. The Labute approximate surface area is 175 Å². The van der Waals surface area contributed by atoms with Crippen molar-refractivity contribution in [2.24, 2.45) is 0 Å². The summed E-state index contributed by atoms with van der Waals surface area (Å²) in [6.45, 7) is 2.65. The van der Waals surface area contributed by atoms with Crippen LogP contribution in [0.25, 0.3) is 0 Å². The fourth-order valence-electron chi connectivity index (χ4n) is 3.35. The van der Waals surface area contributed by atoms with Gasteiger partial charge in [-0.3, -0.25) is 14.9 Å². The fraction of sp³-hybridized carbons (Fsp3) is 0.350. The van der Waals surface area contributed by atoms with Gasteiger partial charge < -0.3 is 9.80 Å². The molecule has 30 heavy (non-hydrogen) atoms. The monoisotopic (exact) mass is 432 g/mol. The zero-order chi connectivity index (χ0) is 22.1. The standard InChI is InChI=1S/C20H24N4O5S/c1-15-4-7-17(8-5-15)30(28,29)23-12-10-22(11-13-23)20(25)16-6-9-18(21(2)3)19(14-16)24(26)27/h4-9,14H,10-13H2,1-3H3. The third-order valence-corrected chi connectivity index (χ3v) is 7.00. The first-order valence-corrected chi connectivity index (χ1v) is 10.9. The van der Waals surface area contributed by atoms with Crippen LogP contribution in [0.5, 0.6) is 0 Å². The Morgan fingerprint density at radius 1 is 1.03 bits per heavy atom. The molecule has 2 aromatic carbocycles. The van der Waals surface area contributed by atoms with Crippen molar-refractivity contribution in [3.05, 3.63) is 63.7 Å². The molecule has 0 aromatic heterocycles. The van der Waals surface area contributed by atoms with Crippen molar-refractivity contribution >= 4 is 27.3 Å². The molecular weight excluding hydrogens is 408 g/mol. The Kier molecular flexibility index (Phi) is 6.09. The summed E-state index contributed by atoms with van der Waals surface area (Å²) in [5, 5.41) is 11.4. The van der Waals surface area contributed by atoms with E-state index < -0.39 is 14.9 Å². The van der Waals surface area contributed by atoms with Gasteiger partial charge in [0.2, 0.25) is 10.0 Å². The number of nitrogens with zero attached hydrogens (tertiary/aromatic N) is 4. The SMILES string of the molecule is Cc1ccc(S(=O)(=O)N2CCN(C(=O)c3ccc(N(C)C)c([N+](=O)[O-])c3)CC2)cc1. The number of aryl methyl sites for hydroxylation is 1. The Morgan fingerprint density at radius 3 is 2.17 bits per heavy atom. The number of amides is 1. The minimum absolute atomic E-state index is 0.147. The van der Waals surface area contributed by atoms with Gasteiger partial charge in [-0.15, -0.1) is 0 Å². The van der Waals surface area contributed by atoms with Gasteiger partial charge in [-0.2, -0.15) is 4.31 Å². The number of nitro benzene ring substituents is 1. The Hall–Kier alpha value is -2.98. The van der Waals surface area contributed by atoms with Crippen molar-refractivity contribution in [1.29, 1.82) is 0 Å². The molecule has 0 saturated carbocycles. The highest BCUT2D eigenvalue weighted by molar-refractivity contribution is 7.89. The second-order valence-corrected chi connectivity index (χ2v) is 9.30. The molecule has 1 amide bonds. The largest absolute Gasteiger partial charge is 0.372 e. The van der Waals surface area contributed by atoms with E-state index in [1.165, 1.54) is 15.3 Å². The van der Waals surface area contributed by atoms with Crippen molar-refractivity contribution in [3.63, 3.8) is 0 Å². The minimum Gasteiger partial charge on any atom is -0.372 e. The van der Waals surface area contributed by atoms with Crippen molar-refractivity contribution < 1.29 is 18.1 Å². The van der Waals surface area contributed by atoms with E-state index in [1.807, 2.05) is 6.92 Å². The molecule has 160 valence electrons. The second-order valence-electron chi connectivity index (χ2n) is 7.36. The number of nitro groups is 1. The van der Waals surface area contributed by atoms with Crippen LogP contribution in [0.4, 0.5) is 11.4 Å². The molecule has 2 aromatic rings. The van der Waals surface area contributed by atoms with Crippen LogP contribution in [0.15, 0.2) is 47.4 Å². The van der Waals surface area contributed by atoms with Crippen molar-refractivity contribution in [2.45, 2.75) is 11.8 Å². The summed E-state index contributed by atoms with van der Waals surface area (Å²) in [6.07, 6.45) is 0. The average Bonchev–Trinajstić information content (AvgIpc) is 2.73. The van der Waals surface area contributed by atoms with Crippen molar-refractivity contribution in [1.82, 2.24) is 9.21 Å². The predicted octanol–water partition coefficient (Wildman–Crippen LogP) is 2.12. The van der Waals surface area contributed by atoms with Gasteiger partial charge in [-0.05, 0) is 31.2 Å². The maximum Gasteiger partial charge on any atom is 0.293 e. The molecular formula is C20H24N4O5S. The highest BCUT2D eigenvalue weighted by Gasteiger charge is 2.31. The van der Waals surface area contributed by atoms with Crippen LogP contribution in [0.2, 0.25) is 0 Å². The summed E-state index contributed by atoms with van der Waals surface area (Å²) in [5.74, 6) is -0.351. The lowest BCUT2D eigenvalue weighted by molar-refractivity contribution is -0.384. The lowest BCUT2D eigenvalue weighted by Crippen LogP contribution is -2.50. The van der Waals surface area contributed by atoms with E-state index in [1.54, 1.807) is 55.4 Å². The number of hydrogen-bond acceptors (Lipinski definition) is 6. The average molecular weight is 433 g/mol. The maximum absolute atomic E-state index is 12.8. The Bertz CT molecular complexity index is 1060. The quantitative estimate of drug-likeness (QED) is 0.529. The van der Waals surface area contributed by atoms with Crippen LogP contribution in [-0.4, -0.2) is 68.7 Å². The van der Waals surface area contributed by atoms with Gasteiger partial charge in [0, 0.05) is 51.9 Å². The highest BCUT2D eigenvalue weighted by atomic mass is 32.2. The van der Waals surface area contributed by atoms with Gasteiger partial charge in [0.05, 0.1) is 9.82 Å². The maximum atomic E-state index is 12.8. The number of anilines is 1. The van der Waals surface area contributed by atoms with Gasteiger partial charge in [0.1, 0.15) is 5.69 Å². The van der Waals surface area contributed by atoms with E-state index >= 15 is 0 Å². The van der Waals surface area contributed by atoms with Crippen LogP contribution in [0.3, 0.4) is 0 Å². The topological polar surface area (TPSA) is 104 Å². The number of benzene rings is 2. The molecule has 1 aliphatic heterocycles. The molecule has 0 N–H and O–H groups in total. The van der Waals surface area contributed by atoms with E-state index in [2.05, 4.69) is 0 Å². The molecule has 9 nitrogen and oxygen atoms in total. The van der Waals surface area contributed by atoms with Gasteiger partial charge >= 0.3 is 0 Å². The molecule has 1 heterocycles. The van der Waals surface area contributed by atoms with Crippen LogP contribution in [0.1, 0.15) is 15.9 Å². The zero-order valence-corrected chi connectivity index (χ0v) is 17.9. The zero-order valence-electron chi connectivity index (χ0n) is 17.1. The summed E-state index contributed by atoms with van der Waals surface area (Å²) >= 11 is 0. The molecule has 0 radical (unpaired) electrons. The molecule has 0 spiro atoms. The fourth-order valence-corrected chi connectivity index (χ4v) is 4.78. The first kappa shape index (κ1) is 21.7. The number of carbonyl (C=O) groups is 1. The summed E-state index contributed by atoms with van der Waals surface area (Å²) < 4.78 is 27.0. The summed E-state index contributed by atoms with van der Waals surface area (Å²) in [5.41, 5.74) is 1.44. The molecule has 10 heteroatoms. The Balaban J connectivity index is 1.73. The number of hydrogen-bond donors (Lipinski definition) is 0. The van der Waals surface area contributed by atoms with Crippen LogP contribution < -0.4 is 4.90 Å². The molecule has 1 fully saturated rings. The molecule has 0 bridgehead atoms. The third-order valence-electron chi connectivity index (χ3n) is 5.09. The number of sulfonamides is 1. The van der Waals surface area contributed by atoms with E-state index in [4.69, 9.17) is 0 Å². The summed E-state index contributed by atoms with van der Waals surface area (Å²) in [7, 11) is -0.241. The second kappa shape index (κ2) is 8.41. The van der Waals surface area contributed by atoms with Gasteiger partial charge in [0.15, 0.2) is 0 Å². The van der Waals surface area contributed by atoms with E-state index in [0.29, 0.717) is 5.69 Å². The van der Waals surface area contributed by atoms with Crippen molar-refractivity contribution in [3.8, 4) is 0 Å². The van der Waals surface area contributed by atoms with Crippen LogP contribution in [-0.2, 0) is 10.0 Å². The van der Waals surface area contributed by atoms with Gasteiger partial charge in [-0.1, -0.05) is 17.7 Å². The minimum atomic E-state index is -3.63. The van der Waals surface area contributed by atoms with Gasteiger partial charge in [-0.25, -0.2) is 8.42 Å². The smallest absolute Gasteiger partial charge is 0.293 e. The third kappa shape index (κ3) is 4.29. The van der Waals surface area contributed by atoms with Crippen LogP contribution in [0, 0.1) is 17.0 Å². The molecule has 0 unspecified atom stereocenters. The van der Waals surface area contributed by atoms with Crippen molar-refractivity contribution in [2.75, 3.05) is 45.2 Å².